The minimum absolute atomic E-state index is 0.923. The van der Waals surface area contributed by atoms with Crippen LogP contribution >= 0.6 is 0 Å². The van der Waals surface area contributed by atoms with Crippen LogP contribution in [0.3, 0.4) is 0 Å². The Morgan fingerprint density at radius 3 is 2.21 bits per heavy atom. The molecule has 2 heteroatoms. The Bertz CT molecular complexity index is 505. The molecule has 0 amide bonds. The number of aryl methyl sites for hydroxylation is 1. The summed E-state index contributed by atoms with van der Waals surface area (Å²) in [6.07, 6.45) is 3.06. The van der Waals surface area contributed by atoms with Crippen LogP contribution in [-0.2, 0) is 11.3 Å². The molecule has 19 heavy (non-hydrogen) atoms. The smallest absolute Gasteiger partial charge is 0.106 e. The van der Waals surface area contributed by atoms with Gasteiger partial charge in [0.1, 0.15) is 7.11 Å². The zero-order valence-electron chi connectivity index (χ0n) is 11.3. The summed E-state index contributed by atoms with van der Waals surface area (Å²) in [5, 5.41) is 4.14. The molecule has 2 aromatic rings. The van der Waals surface area contributed by atoms with E-state index in [1.54, 1.807) is 7.11 Å². The van der Waals surface area contributed by atoms with Crippen LogP contribution in [0.4, 0.5) is 0 Å². The highest BCUT2D eigenvalue weighted by Gasteiger charge is 2.04. The average molecular weight is 253 g/mol. The van der Waals surface area contributed by atoms with Crippen LogP contribution in [0.1, 0.15) is 24.0 Å². The van der Waals surface area contributed by atoms with E-state index in [2.05, 4.69) is 41.6 Å². The standard InChI is InChI=1S/C17H19NO/c1-19-18-17(16-12-6-3-7-13-16)14-8-11-15-9-4-2-5-10-15/h2-7,9-10,12-13H,8,11,14H2,1H3/b18-17+. The van der Waals surface area contributed by atoms with Gasteiger partial charge in [-0.1, -0.05) is 65.8 Å². The Balaban J connectivity index is 1.94. The van der Waals surface area contributed by atoms with E-state index in [1.807, 2.05) is 24.3 Å². The Morgan fingerprint density at radius 1 is 0.947 bits per heavy atom. The van der Waals surface area contributed by atoms with E-state index in [1.165, 1.54) is 5.56 Å². The molecular formula is C17H19NO. The summed E-state index contributed by atoms with van der Waals surface area (Å²) in [5.74, 6) is 0. The van der Waals surface area contributed by atoms with Crippen LogP contribution in [-0.4, -0.2) is 12.8 Å². The third-order valence-electron chi connectivity index (χ3n) is 3.03. The number of nitrogens with zero attached hydrogens (tertiary/aromatic N) is 1. The van der Waals surface area contributed by atoms with Crippen molar-refractivity contribution in [3.8, 4) is 0 Å². The van der Waals surface area contributed by atoms with E-state index >= 15 is 0 Å². The molecule has 2 aromatic carbocycles. The van der Waals surface area contributed by atoms with E-state index in [9.17, 15) is 0 Å². The van der Waals surface area contributed by atoms with E-state index in [0.717, 1.165) is 30.5 Å². The van der Waals surface area contributed by atoms with Gasteiger partial charge in [-0.2, -0.15) is 0 Å². The van der Waals surface area contributed by atoms with Crippen molar-refractivity contribution in [1.82, 2.24) is 0 Å². The van der Waals surface area contributed by atoms with Gasteiger partial charge in [0.05, 0.1) is 5.71 Å². The maximum atomic E-state index is 4.95. The highest BCUT2D eigenvalue weighted by molar-refractivity contribution is 6.00. The van der Waals surface area contributed by atoms with Gasteiger partial charge >= 0.3 is 0 Å². The van der Waals surface area contributed by atoms with Gasteiger partial charge in [0.15, 0.2) is 0 Å². The minimum atomic E-state index is 0.923. The molecule has 0 saturated heterocycles. The minimum Gasteiger partial charge on any atom is -0.399 e. The van der Waals surface area contributed by atoms with Gasteiger partial charge in [0.25, 0.3) is 0 Å². The number of hydrogen-bond donors (Lipinski definition) is 0. The normalized spacial score (nSPS) is 11.3. The fourth-order valence-electron chi connectivity index (χ4n) is 2.09. The van der Waals surface area contributed by atoms with Gasteiger partial charge in [-0.25, -0.2) is 0 Å². The Kier molecular flexibility index (Phi) is 5.17. The molecule has 0 saturated carbocycles. The highest BCUT2D eigenvalue weighted by atomic mass is 16.6. The summed E-state index contributed by atoms with van der Waals surface area (Å²) in [7, 11) is 1.60. The Morgan fingerprint density at radius 2 is 1.58 bits per heavy atom. The molecule has 0 N–H and O–H groups in total. The van der Waals surface area contributed by atoms with Gasteiger partial charge in [0.2, 0.25) is 0 Å². The lowest BCUT2D eigenvalue weighted by molar-refractivity contribution is 0.212. The molecule has 0 radical (unpaired) electrons. The third-order valence-corrected chi connectivity index (χ3v) is 3.03. The number of rotatable bonds is 6. The summed E-state index contributed by atoms with van der Waals surface area (Å²) in [6.45, 7) is 0. The van der Waals surface area contributed by atoms with E-state index < -0.39 is 0 Å². The lowest BCUT2D eigenvalue weighted by Crippen LogP contribution is -2.02. The first-order chi connectivity index (χ1) is 9.40. The summed E-state index contributed by atoms with van der Waals surface area (Å²) in [4.78, 5) is 4.95. The molecule has 0 bridgehead atoms. The third kappa shape index (κ3) is 4.25. The number of hydrogen-bond acceptors (Lipinski definition) is 2. The summed E-state index contributed by atoms with van der Waals surface area (Å²) in [6, 6.07) is 20.7. The van der Waals surface area contributed by atoms with Crippen molar-refractivity contribution in [2.75, 3.05) is 7.11 Å². The topological polar surface area (TPSA) is 21.6 Å². The lowest BCUT2D eigenvalue weighted by atomic mass is 10.0. The van der Waals surface area contributed by atoms with E-state index in [4.69, 9.17) is 4.84 Å². The largest absolute Gasteiger partial charge is 0.399 e. The quantitative estimate of drug-likeness (QED) is 0.562. The van der Waals surface area contributed by atoms with Gasteiger partial charge in [-0.05, 0) is 30.4 Å². The van der Waals surface area contributed by atoms with Crippen molar-refractivity contribution in [3.63, 3.8) is 0 Å². The second-order valence-corrected chi connectivity index (χ2v) is 4.43. The van der Waals surface area contributed by atoms with Crippen LogP contribution in [0.15, 0.2) is 65.8 Å². The van der Waals surface area contributed by atoms with E-state index in [-0.39, 0.29) is 0 Å². The van der Waals surface area contributed by atoms with Crippen molar-refractivity contribution in [2.24, 2.45) is 5.16 Å². The first-order valence-electron chi connectivity index (χ1n) is 6.59. The fraction of sp³-hybridized carbons (Fsp3) is 0.235. The molecule has 0 aliphatic rings. The molecule has 98 valence electrons. The van der Waals surface area contributed by atoms with Crippen molar-refractivity contribution in [1.29, 1.82) is 0 Å². The van der Waals surface area contributed by atoms with Crippen LogP contribution in [0.2, 0.25) is 0 Å². The molecule has 2 nitrogen and oxygen atoms in total. The molecule has 0 aliphatic heterocycles. The van der Waals surface area contributed by atoms with Crippen LogP contribution in [0, 0.1) is 0 Å². The average Bonchev–Trinajstić information content (AvgIpc) is 2.48. The second kappa shape index (κ2) is 7.37. The maximum Gasteiger partial charge on any atom is 0.106 e. The summed E-state index contributed by atoms with van der Waals surface area (Å²) < 4.78 is 0. The predicted molar refractivity (Wildman–Crippen MR) is 79.4 cm³/mol. The first-order valence-corrected chi connectivity index (χ1v) is 6.59. The lowest BCUT2D eigenvalue weighted by Gasteiger charge is -2.06. The van der Waals surface area contributed by atoms with Crippen molar-refractivity contribution >= 4 is 5.71 Å². The van der Waals surface area contributed by atoms with Crippen molar-refractivity contribution in [3.05, 3.63) is 71.8 Å². The van der Waals surface area contributed by atoms with Crippen LogP contribution in [0.25, 0.3) is 0 Å². The molecule has 0 aliphatic carbocycles. The predicted octanol–water partition coefficient (Wildman–Crippen LogP) is 4.06. The molecular weight excluding hydrogens is 234 g/mol. The zero-order valence-corrected chi connectivity index (χ0v) is 11.3. The van der Waals surface area contributed by atoms with E-state index in [0.29, 0.717) is 0 Å². The van der Waals surface area contributed by atoms with Gasteiger partial charge in [0, 0.05) is 0 Å². The highest BCUT2D eigenvalue weighted by Crippen LogP contribution is 2.10. The molecule has 0 heterocycles. The van der Waals surface area contributed by atoms with Gasteiger partial charge in [-0.15, -0.1) is 0 Å². The van der Waals surface area contributed by atoms with Gasteiger partial charge < -0.3 is 4.84 Å². The fourth-order valence-corrected chi connectivity index (χ4v) is 2.09. The molecule has 0 atom stereocenters. The summed E-state index contributed by atoms with van der Waals surface area (Å²) in [5.41, 5.74) is 3.52. The van der Waals surface area contributed by atoms with Crippen molar-refractivity contribution < 1.29 is 4.84 Å². The maximum absolute atomic E-state index is 4.95. The number of benzene rings is 2. The monoisotopic (exact) mass is 253 g/mol. The molecule has 0 aromatic heterocycles. The first kappa shape index (κ1) is 13.3. The van der Waals surface area contributed by atoms with Crippen LogP contribution < -0.4 is 0 Å². The molecule has 0 fully saturated rings. The Labute approximate surface area is 114 Å². The molecule has 2 rings (SSSR count). The Hall–Kier alpha value is -2.09. The van der Waals surface area contributed by atoms with Crippen LogP contribution in [0.5, 0.6) is 0 Å². The second-order valence-electron chi connectivity index (χ2n) is 4.43. The zero-order chi connectivity index (χ0) is 13.3. The van der Waals surface area contributed by atoms with Gasteiger partial charge in [-0.3, -0.25) is 0 Å². The molecule has 0 spiro atoms. The summed E-state index contributed by atoms with van der Waals surface area (Å²) >= 11 is 0. The number of oxime groups is 1. The van der Waals surface area contributed by atoms with Crippen molar-refractivity contribution in [2.45, 2.75) is 19.3 Å². The molecule has 0 unspecified atom stereocenters. The SMILES string of the molecule is CO/N=C(\CCCc1ccccc1)c1ccccc1.